The maximum absolute atomic E-state index is 12.6. The lowest BCUT2D eigenvalue weighted by Crippen LogP contribution is -2.69. The Morgan fingerprint density at radius 1 is 1.34 bits per heavy atom. The van der Waals surface area contributed by atoms with E-state index in [-0.39, 0.29) is 36.0 Å². The van der Waals surface area contributed by atoms with Crippen LogP contribution >= 0.6 is 0 Å². The molecule has 0 aliphatic carbocycles. The van der Waals surface area contributed by atoms with E-state index in [4.69, 9.17) is 5.73 Å². The monoisotopic (exact) mass is 396 g/mol. The number of carbonyl (C=O) groups excluding carboxylic acids is 4. The van der Waals surface area contributed by atoms with Gasteiger partial charge in [0, 0.05) is 31.0 Å². The molecule has 2 fully saturated rings. The third-order valence-corrected chi connectivity index (χ3v) is 5.68. The second kappa shape index (κ2) is 6.84. The maximum atomic E-state index is 12.6. The average molecular weight is 396 g/mol. The summed E-state index contributed by atoms with van der Waals surface area (Å²) in [6.07, 6.45) is 7.22. The van der Waals surface area contributed by atoms with E-state index in [9.17, 15) is 24.3 Å². The minimum absolute atomic E-state index is 0.0140. The third-order valence-electron chi connectivity index (χ3n) is 5.68. The predicted molar refractivity (Wildman–Crippen MR) is 96.8 cm³/mol. The average Bonchev–Trinajstić information content (AvgIpc) is 3.02. The molecule has 29 heavy (non-hydrogen) atoms. The molecule has 2 N–H and O–H groups in total. The summed E-state index contributed by atoms with van der Waals surface area (Å²) in [7, 11) is 0. The molecule has 3 aliphatic heterocycles. The summed E-state index contributed by atoms with van der Waals surface area (Å²) in [6, 6.07) is 2.68. The number of β-lactam (4-membered cyclic amide) rings is 1. The van der Waals surface area contributed by atoms with Crippen molar-refractivity contribution in [3.8, 4) is 0 Å². The van der Waals surface area contributed by atoms with Gasteiger partial charge in [0.2, 0.25) is 12.5 Å². The standard InChI is InChI=1S/C20H20N4O5/c1-11(25)23-9-14-7-13(17(20(28)29)24-16(14)18(23)19(24)27)5-4-12-3-2-6-22(8-12)10-15(21)26/h2-6,8,14,16,18H,7,9-10H2,1H3,(H2-,21,26,28,29)/b5-4+/t14?,16-,18?/m1/s1. The van der Waals surface area contributed by atoms with Gasteiger partial charge < -0.3 is 25.4 Å². The first-order valence-electron chi connectivity index (χ1n) is 9.28. The van der Waals surface area contributed by atoms with Crippen molar-refractivity contribution >= 4 is 29.8 Å². The van der Waals surface area contributed by atoms with Crippen LogP contribution in [-0.2, 0) is 25.7 Å². The Morgan fingerprint density at radius 3 is 2.76 bits per heavy atom. The minimum atomic E-state index is -1.41. The SMILES string of the molecule is CC(=O)N1CC2CC(/C=C/c3ccc[n+](CC(N)=O)c3)=C(C(=O)[O-])N3C(=O)C1[C@@H]23. The van der Waals surface area contributed by atoms with Gasteiger partial charge in [-0.2, -0.15) is 4.57 Å². The number of nitrogens with two attached hydrogens (primary N) is 1. The van der Waals surface area contributed by atoms with Crippen LogP contribution in [0.3, 0.4) is 0 Å². The first kappa shape index (κ1) is 18.9. The van der Waals surface area contributed by atoms with Crippen LogP contribution in [0.25, 0.3) is 6.08 Å². The van der Waals surface area contributed by atoms with Crippen molar-refractivity contribution in [1.29, 1.82) is 0 Å². The number of allylic oxidation sites excluding steroid dienone is 2. The zero-order chi connectivity index (χ0) is 20.9. The first-order chi connectivity index (χ1) is 13.8. The molecule has 3 aliphatic rings. The maximum Gasteiger partial charge on any atom is 0.283 e. The molecule has 9 nitrogen and oxygen atoms in total. The van der Waals surface area contributed by atoms with Crippen LogP contribution in [-0.4, -0.2) is 52.1 Å². The number of carboxylic acids is 1. The Kier molecular flexibility index (Phi) is 4.45. The van der Waals surface area contributed by atoms with Crippen LogP contribution in [0.4, 0.5) is 0 Å². The van der Waals surface area contributed by atoms with Crippen LogP contribution in [0.5, 0.6) is 0 Å². The number of aliphatic carboxylic acids is 1. The lowest BCUT2D eigenvalue weighted by atomic mass is 9.79. The quantitative estimate of drug-likeness (QED) is 0.452. The van der Waals surface area contributed by atoms with Crippen molar-refractivity contribution in [2.45, 2.75) is 32.0 Å². The second-order valence-electron chi connectivity index (χ2n) is 7.55. The van der Waals surface area contributed by atoms with E-state index in [1.165, 1.54) is 16.7 Å². The highest BCUT2D eigenvalue weighted by Gasteiger charge is 2.62. The predicted octanol–water partition coefficient (Wildman–Crippen LogP) is -2.06. The molecule has 150 valence electrons. The van der Waals surface area contributed by atoms with E-state index in [0.717, 1.165) is 5.56 Å². The summed E-state index contributed by atoms with van der Waals surface area (Å²) in [5, 5.41) is 11.8. The normalized spacial score (nSPS) is 25.3. The smallest absolute Gasteiger partial charge is 0.283 e. The molecule has 1 aromatic heterocycles. The second-order valence-corrected chi connectivity index (χ2v) is 7.55. The topological polar surface area (TPSA) is 128 Å². The molecule has 4 heterocycles. The van der Waals surface area contributed by atoms with Crippen LogP contribution in [0.15, 0.2) is 41.9 Å². The van der Waals surface area contributed by atoms with Gasteiger partial charge in [-0.05, 0) is 24.1 Å². The molecule has 4 rings (SSSR count). The number of carboxylic acid groups (broad SMARTS) is 1. The molecule has 0 bridgehead atoms. The fourth-order valence-electron chi connectivity index (χ4n) is 4.55. The number of carbonyl (C=O) groups is 4. The third kappa shape index (κ3) is 3.08. The molecule has 1 aromatic rings. The molecule has 2 unspecified atom stereocenters. The van der Waals surface area contributed by atoms with Gasteiger partial charge in [-0.15, -0.1) is 0 Å². The zero-order valence-electron chi connectivity index (χ0n) is 15.8. The van der Waals surface area contributed by atoms with Gasteiger partial charge in [-0.25, -0.2) is 0 Å². The number of primary amides is 1. The number of hydrogen-bond acceptors (Lipinski definition) is 5. The molecule has 0 aromatic carbocycles. The lowest BCUT2D eigenvalue weighted by Gasteiger charge is -2.50. The number of rotatable bonds is 5. The van der Waals surface area contributed by atoms with Gasteiger partial charge >= 0.3 is 0 Å². The number of likely N-dealkylation sites (tertiary alicyclic amines) is 1. The Bertz CT molecular complexity index is 998. The van der Waals surface area contributed by atoms with Gasteiger partial charge in [0.25, 0.3) is 11.8 Å². The Labute approximate surface area is 166 Å². The van der Waals surface area contributed by atoms with E-state index in [1.807, 2.05) is 0 Å². The molecule has 0 radical (unpaired) electrons. The molecule has 3 amide bonds. The van der Waals surface area contributed by atoms with Crippen molar-refractivity contribution in [3.05, 3.63) is 47.4 Å². The summed E-state index contributed by atoms with van der Waals surface area (Å²) in [6.45, 7) is 1.87. The van der Waals surface area contributed by atoms with E-state index >= 15 is 0 Å². The number of nitrogens with zero attached hydrogens (tertiary/aromatic N) is 3. The van der Waals surface area contributed by atoms with Gasteiger partial charge in [0.05, 0.1) is 17.7 Å². The van der Waals surface area contributed by atoms with Crippen molar-refractivity contribution in [2.24, 2.45) is 11.7 Å². The number of amides is 3. The molecular formula is C20H20N4O5. The fourth-order valence-corrected chi connectivity index (χ4v) is 4.55. The lowest BCUT2D eigenvalue weighted by molar-refractivity contribution is -0.684. The fraction of sp³-hybridized carbons (Fsp3) is 0.350. The van der Waals surface area contributed by atoms with E-state index < -0.39 is 17.9 Å². The van der Waals surface area contributed by atoms with Gasteiger partial charge in [-0.1, -0.05) is 6.08 Å². The van der Waals surface area contributed by atoms with Crippen LogP contribution in [0, 0.1) is 5.92 Å². The highest BCUT2D eigenvalue weighted by molar-refractivity contribution is 6.02. The summed E-state index contributed by atoms with van der Waals surface area (Å²) in [4.78, 5) is 50.1. The molecular weight excluding hydrogens is 376 g/mol. The van der Waals surface area contributed by atoms with E-state index in [0.29, 0.717) is 18.5 Å². The van der Waals surface area contributed by atoms with Crippen LogP contribution in [0.2, 0.25) is 0 Å². The first-order valence-corrected chi connectivity index (χ1v) is 9.28. The van der Waals surface area contributed by atoms with Crippen molar-refractivity contribution in [1.82, 2.24) is 9.80 Å². The van der Waals surface area contributed by atoms with Gasteiger partial charge in [0.1, 0.15) is 6.04 Å². The number of hydrogen-bond donors (Lipinski definition) is 1. The van der Waals surface area contributed by atoms with E-state index in [2.05, 4.69) is 0 Å². The summed E-state index contributed by atoms with van der Waals surface area (Å²) in [5.74, 6) is -2.46. The Morgan fingerprint density at radius 2 is 2.10 bits per heavy atom. The molecule has 2 saturated heterocycles. The summed E-state index contributed by atoms with van der Waals surface area (Å²) >= 11 is 0. The zero-order valence-corrected chi connectivity index (χ0v) is 15.8. The number of pyridine rings is 1. The largest absolute Gasteiger partial charge is 0.543 e. The summed E-state index contributed by atoms with van der Waals surface area (Å²) < 4.78 is 1.62. The van der Waals surface area contributed by atoms with E-state index in [1.54, 1.807) is 41.2 Å². The Hall–Kier alpha value is -3.49. The minimum Gasteiger partial charge on any atom is -0.543 e. The molecule has 3 atom stereocenters. The molecule has 0 saturated carbocycles. The van der Waals surface area contributed by atoms with Crippen molar-refractivity contribution < 1.29 is 28.9 Å². The molecule has 9 heteroatoms. The van der Waals surface area contributed by atoms with Crippen LogP contribution < -0.4 is 15.4 Å². The van der Waals surface area contributed by atoms with Crippen molar-refractivity contribution in [3.63, 3.8) is 0 Å². The Balaban J connectivity index is 1.65. The highest BCUT2D eigenvalue weighted by atomic mass is 16.4. The van der Waals surface area contributed by atoms with Crippen LogP contribution in [0.1, 0.15) is 18.9 Å². The number of aromatic nitrogens is 1. The molecule has 0 spiro atoms. The highest BCUT2D eigenvalue weighted by Crippen LogP contribution is 2.47. The van der Waals surface area contributed by atoms with Gasteiger partial charge in [0.15, 0.2) is 12.4 Å². The van der Waals surface area contributed by atoms with Gasteiger partial charge in [-0.3, -0.25) is 14.4 Å². The summed E-state index contributed by atoms with van der Waals surface area (Å²) in [5.41, 5.74) is 6.30. The van der Waals surface area contributed by atoms with Crippen molar-refractivity contribution in [2.75, 3.05) is 6.54 Å².